The van der Waals surface area contributed by atoms with Gasteiger partial charge in [0, 0.05) is 23.6 Å². The summed E-state index contributed by atoms with van der Waals surface area (Å²) < 4.78 is 6.89. The third-order valence-electron chi connectivity index (χ3n) is 4.70. The molecule has 1 aromatic heterocycles. The molecule has 26 heavy (non-hydrogen) atoms. The highest BCUT2D eigenvalue weighted by Gasteiger charge is 2.27. The maximum Gasteiger partial charge on any atom is 0.246 e. The van der Waals surface area contributed by atoms with E-state index in [1.807, 2.05) is 59.5 Å². The van der Waals surface area contributed by atoms with Gasteiger partial charge in [-0.25, -0.2) is 4.98 Å². The van der Waals surface area contributed by atoms with Crippen LogP contribution in [0.3, 0.4) is 0 Å². The van der Waals surface area contributed by atoms with Crippen molar-refractivity contribution in [2.45, 2.75) is 18.8 Å². The van der Waals surface area contributed by atoms with E-state index in [2.05, 4.69) is 20.9 Å². The second-order valence-electron chi connectivity index (χ2n) is 6.50. The normalized spacial score (nSPS) is 17.9. The lowest BCUT2D eigenvalue weighted by Crippen LogP contribution is -2.38. The average Bonchev–Trinajstić information content (AvgIpc) is 3.11. The van der Waals surface area contributed by atoms with Crippen LogP contribution in [0.25, 0.3) is 17.2 Å². The van der Waals surface area contributed by atoms with E-state index in [-0.39, 0.29) is 11.8 Å². The first kappa shape index (κ1) is 17.0. The van der Waals surface area contributed by atoms with Crippen molar-refractivity contribution < 1.29 is 9.21 Å². The van der Waals surface area contributed by atoms with Crippen LogP contribution in [0.5, 0.6) is 0 Å². The highest BCUT2D eigenvalue weighted by atomic mass is 79.9. The molecule has 1 saturated heterocycles. The zero-order chi connectivity index (χ0) is 17.9. The van der Waals surface area contributed by atoms with Gasteiger partial charge in [-0.05, 0) is 42.7 Å². The van der Waals surface area contributed by atoms with Crippen LogP contribution in [0.4, 0.5) is 0 Å². The topological polar surface area (TPSA) is 46.3 Å². The quantitative estimate of drug-likeness (QED) is 0.570. The Bertz CT molecular complexity index is 930. The monoisotopic (exact) mass is 410 g/mol. The zero-order valence-corrected chi connectivity index (χ0v) is 15.9. The van der Waals surface area contributed by atoms with Gasteiger partial charge in [0.2, 0.25) is 5.91 Å². The largest absolute Gasteiger partial charge is 0.440 e. The van der Waals surface area contributed by atoms with Crippen molar-refractivity contribution in [2.24, 2.45) is 0 Å². The summed E-state index contributed by atoms with van der Waals surface area (Å²) >= 11 is 3.50. The van der Waals surface area contributed by atoms with Crippen LogP contribution in [0.1, 0.15) is 30.2 Å². The number of benzene rings is 2. The number of aromatic nitrogens is 1. The molecule has 1 amide bonds. The number of nitrogens with zero attached hydrogens (tertiary/aromatic N) is 2. The Morgan fingerprint density at radius 2 is 2.00 bits per heavy atom. The Morgan fingerprint density at radius 3 is 2.85 bits per heavy atom. The average molecular weight is 411 g/mol. The lowest BCUT2D eigenvalue weighted by Gasteiger charge is -2.30. The van der Waals surface area contributed by atoms with Gasteiger partial charge in [-0.3, -0.25) is 4.79 Å². The summed E-state index contributed by atoms with van der Waals surface area (Å²) in [5.74, 6) is 0.914. The summed E-state index contributed by atoms with van der Waals surface area (Å²) in [7, 11) is 0. The molecule has 1 aliphatic heterocycles. The zero-order valence-electron chi connectivity index (χ0n) is 14.3. The first-order valence-corrected chi connectivity index (χ1v) is 9.57. The van der Waals surface area contributed by atoms with Gasteiger partial charge in [0.25, 0.3) is 0 Å². The van der Waals surface area contributed by atoms with Gasteiger partial charge >= 0.3 is 0 Å². The van der Waals surface area contributed by atoms with Crippen molar-refractivity contribution in [3.05, 3.63) is 70.5 Å². The van der Waals surface area contributed by atoms with Crippen molar-refractivity contribution in [1.29, 1.82) is 0 Å². The van der Waals surface area contributed by atoms with Crippen LogP contribution in [0, 0.1) is 0 Å². The van der Waals surface area contributed by atoms with E-state index in [4.69, 9.17) is 4.42 Å². The fourth-order valence-electron chi connectivity index (χ4n) is 3.32. The minimum atomic E-state index is 0.0292. The fraction of sp³-hybridized carbons (Fsp3) is 0.238. The number of amides is 1. The number of hydrogen-bond acceptors (Lipinski definition) is 3. The molecule has 1 fully saturated rings. The molecule has 0 N–H and O–H groups in total. The van der Waals surface area contributed by atoms with Crippen LogP contribution in [-0.2, 0) is 4.79 Å². The Morgan fingerprint density at radius 1 is 1.19 bits per heavy atom. The predicted octanol–water partition coefficient (Wildman–Crippen LogP) is 5.01. The molecule has 0 spiro atoms. The maximum atomic E-state index is 12.6. The van der Waals surface area contributed by atoms with Gasteiger partial charge in [0.1, 0.15) is 5.52 Å². The number of rotatable bonds is 3. The third-order valence-corrected chi connectivity index (χ3v) is 5.43. The Kier molecular flexibility index (Phi) is 4.89. The molecule has 1 atom stereocenters. The molecule has 0 aliphatic carbocycles. The number of carbonyl (C=O) groups is 1. The minimum Gasteiger partial charge on any atom is -0.440 e. The fourth-order valence-corrected chi connectivity index (χ4v) is 3.74. The van der Waals surface area contributed by atoms with Crippen LogP contribution in [-0.4, -0.2) is 28.9 Å². The van der Waals surface area contributed by atoms with Crippen molar-refractivity contribution >= 4 is 39.0 Å². The lowest BCUT2D eigenvalue weighted by atomic mass is 9.98. The first-order valence-electron chi connectivity index (χ1n) is 8.78. The summed E-state index contributed by atoms with van der Waals surface area (Å²) in [6.45, 7) is 1.42. The van der Waals surface area contributed by atoms with Crippen LogP contribution in [0.2, 0.25) is 0 Å². The summed E-state index contributed by atoms with van der Waals surface area (Å²) in [4.78, 5) is 19.1. The molecular formula is C21H19BrN2O2. The Labute approximate surface area is 160 Å². The van der Waals surface area contributed by atoms with Crippen molar-refractivity contribution in [2.75, 3.05) is 13.1 Å². The van der Waals surface area contributed by atoms with Gasteiger partial charge in [-0.1, -0.05) is 46.3 Å². The molecule has 3 aromatic rings. The predicted molar refractivity (Wildman–Crippen MR) is 106 cm³/mol. The number of carbonyl (C=O) groups excluding carboxylic acids is 1. The third kappa shape index (κ3) is 3.58. The van der Waals surface area contributed by atoms with E-state index in [1.54, 1.807) is 6.08 Å². The van der Waals surface area contributed by atoms with E-state index in [0.717, 1.165) is 46.4 Å². The number of hydrogen-bond donors (Lipinski definition) is 0. The summed E-state index contributed by atoms with van der Waals surface area (Å²) in [6, 6.07) is 15.6. The molecule has 0 unspecified atom stereocenters. The summed E-state index contributed by atoms with van der Waals surface area (Å²) in [6.07, 6.45) is 5.45. The molecule has 2 heterocycles. The van der Waals surface area contributed by atoms with Gasteiger partial charge in [-0.2, -0.15) is 0 Å². The van der Waals surface area contributed by atoms with Crippen molar-refractivity contribution in [3.8, 4) is 0 Å². The van der Waals surface area contributed by atoms with E-state index >= 15 is 0 Å². The molecule has 0 saturated carbocycles. The van der Waals surface area contributed by atoms with Gasteiger partial charge < -0.3 is 9.32 Å². The molecule has 0 bridgehead atoms. The SMILES string of the molecule is O=C(/C=C\c1ccccc1Br)N1CCC[C@@H](c2nc3ccccc3o2)C1. The lowest BCUT2D eigenvalue weighted by molar-refractivity contribution is -0.127. The summed E-state index contributed by atoms with van der Waals surface area (Å²) in [5, 5.41) is 0. The number of oxazole rings is 1. The number of para-hydroxylation sites is 2. The second-order valence-corrected chi connectivity index (χ2v) is 7.35. The van der Waals surface area contributed by atoms with Gasteiger partial charge in [0.15, 0.2) is 11.5 Å². The van der Waals surface area contributed by atoms with Crippen LogP contribution < -0.4 is 0 Å². The number of halogens is 1. The van der Waals surface area contributed by atoms with Gasteiger partial charge in [-0.15, -0.1) is 0 Å². The molecule has 132 valence electrons. The Hall–Kier alpha value is -2.40. The highest BCUT2D eigenvalue weighted by Crippen LogP contribution is 2.29. The number of likely N-dealkylation sites (tertiary alicyclic amines) is 1. The molecule has 2 aromatic carbocycles. The smallest absolute Gasteiger partial charge is 0.246 e. The minimum absolute atomic E-state index is 0.0292. The molecular weight excluding hydrogens is 392 g/mol. The molecule has 1 aliphatic rings. The van der Waals surface area contributed by atoms with E-state index in [9.17, 15) is 4.79 Å². The first-order chi connectivity index (χ1) is 12.7. The van der Waals surface area contributed by atoms with Crippen LogP contribution in [0.15, 0.2) is 63.5 Å². The van der Waals surface area contributed by atoms with Crippen molar-refractivity contribution in [1.82, 2.24) is 9.88 Å². The van der Waals surface area contributed by atoms with Crippen LogP contribution >= 0.6 is 15.9 Å². The maximum absolute atomic E-state index is 12.6. The Balaban J connectivity index is 1.47. The molecule has 0 radical (unpaired) electrons. The molecule has 4 rings (SSSR count). The van der Waals surface area contributed by atoms with E-state index in [0.29, 0.717) is 6.54 Å². The summed E-state index contributed by atoms with van der Waals surface area (Å²) in [5.41, 5.74) is 2.67. The van der Waals surface area contributed by atoms with E-state index in [1.165, 1.54) is 0 Å². The van der Waals surface area contributed by atoms with E-state index < -0.39 is 0 Å². The standard InChI is InChI=1S/C21H19BrN2O2/c22-17-8-2-1-6-15(17)11-12-20(25)24-13-5-7-16(14-24)21-23-18-9-3-4-10-19(18)26-21/h1-4,6,8-12,16H,5,7,13-14H2/b12-11-/t16-/m1/s1. The van der Waals surface area contributed by atoms with Crippen molar-refractivity contribution in [3.63, 3.8) is 0 Å². The number of fused-ring (bicyclic) bond motifs is 1. The molecule has 5 heteroatoms. The molecule has 4 nitrogen and oxygen atoms in total. The highest BCUT2D eigenvalue weighted by molar-refractivity contribution is 9.10. The van der Waals surface area contributed by atoms with Gasteiger partial charge in [0.05, 0.1) is 5.92 Å². The second kappa shape index (κ2) is 7.46. The number of piperidine rings is 1.